The van der Waals surface area contributed by atoms with E-state index in [-0.39, 0.29) is 6.04 Å². The molecule has 2 heterocycles. The molecule has 1 saturated heterocycles. The third-order valence-electron chi connectivity index (χ3n) is 4.59. The third-order valence-corrected chi connectivity index (χ3v) is 5.54. The maximum absolute atomic E-state index is 6.45. The van der Waals surface area contributed by atoms with Crippen molar-refractivity contribution in [3.63, 3.8) is 0 Å². The van der Waals surface area contributed by atoms with Crippen LogP contribution in [0, 0.1) is 0 Å². The van der Waals surface area contributed by atoms with Crippen LogP contribution in [0.3, 0.4) is 0 Å². The molecule has 0 spiro atoms. The van der Waals surface area contributed by atoms with Crippen LogP contribution in [0.2, 0.25) is 0 Å². The summed E-state index contributed by atoms with van der Waals surface area (Å²) in [7, 11) is 0. The summed E-state index contributed by atoms with van der Waals surface area (Å²) >= 11 is 1.84. The first-order valence-electron chi connectivity index (χ1n) is 7.47. The lowest BCUT2D eigenvalue weighted by atomic mass is 9.98. The van der Waals surface area contributed by atoms with Crippen LogP contribution in [-0.4, -0.2) is 36.2 Å². The minimum absolute atomic E-state index is 0.220. The van der Waals surface area contributed by atoms with Crippen LogP contribution in [0.25, 0.3) is 0 Å². The van der Waals surface area contributed by atoms with Gasteiger partial charge in [0, 0.05) is 23.5 Å². The number of nitrogens with zero attached hydrogens (tertiary/aromatic N) is 1. The second-order valence-corrected chi connectivity index (χ2v) is 6.66. The van der Waals surface area contributed by atoms with E-state index in [2.05, 4.69) is 29.3 Å². The maximum Gasteiger partial charge on any atom is 0.0731 e. The van der Waals surface area contributed by atoms with Gasteiger partial charge < -0.3 is 10.5 Å². The van der Waals surface area contributed by atoms with E-state index in [1.54, 1.807) is 0 Å². The molecule has 0 bridgehead atoms. The van der Waals surface area contributed by atoms with Gasteiger partial charge >= 0.3 is 0 Å². The molecule has 2 N–H and O–H groups in total. The summed E-state index contributed by atoms with van der Waals surface area (Å²) in [4.78, 5) is 4.06. The molecule has 4 atom stereocenters. The summed E-state index contributed by atoms with van der Waals surface area (Å²) in [6, 6.07) is 5.56. The highest BCUT2D eigenvalue weighted by molar-refractivity contribution is 7.10. The van der Waals surface area contributed by atoms with Crippen molar-refractivity contribution < 1.29 is 4.74 Å². The van der Waals surface area contributed by atoms with E-state index in [4.69, 9.17) is 10.5 Å². The van der Waals surface area contributed by atoms with Crippen molar-refractivity contribution in [2.45, 2.75) is 56.8 Å². The molecule has 1 aliphatic carbocycles. The standard InChI is InChI=1S/C15H24N2OS/c1-2-11(16)15(14-7-4-10-19-14)17-8-9-18-13-6-3-5-12(13)17/h4,7,10-13,15H,2-3,5-6,8-9,16H2,1H3. The lowest BCUT2D eigenvalue weighted by Gasteiger charge is -2.44. The second kappa shape index (κ2) is 5.92. The summed E-state index contributed by atoms with van der Waals surface area (Å²) in [6.07, 6.45) is 5.25. The van der Waals surface area contributed by atoms with Gasteiger partial charge in [0.05, 0.1) is 18.8 Å². The highest BCUT2D eigenvalue weighted by Crippen LogP contribution is 2.38. The van der Waals surface area contributed by atoms with E-state index in [9.17, 15) is 0 Å². The van der Waals surface area contributed by atoms with Crippen molar-refractivity contribution in [3.05, 3.63) is 22.4 Å². The van der Waals surface area contributed by atoms with Crippen LogP contribution in [0.1, 0.15) is 43.5 Å². The maximum atomic E-state index is 6.45. The zero-order valence-corrected chi connectivity index (χ0v) is 12.4. The minimum Gasteiger partial charge on any atom is -0.375 e. The van der Waals surface area contributed by atoms with Crippen molar-refractivity contribution >= 4 is 11.3 Å². The molecule has 1 aromatic heterocycles. The molecule has 4 heteroatoms. The van der Waals surface area contributed by atoms with Crippen LogP contribution in [0.5, 0.6) is 0 Å². The first-order valence-corrected chi connectivity index (χ1v) is 8.35. The summed E-state index contributed by atoms with van der Waals surface area (Å²) in [5.41, 5.74) is 6.45. The number of fused-ring (bicyclic) bond motifs is 1. The molecule has 1 aromatic rings. The molecule has 0 radical (unpaired) electrons. The molecule has 0 aromatic carbocycles. The topological polar surface area (TPSA) is 38.5 Å². The van der Waals surface area contributed by atoms with E-state index in [0.717, 1.165) is 19.6 Å². The smallest absolute Gasteiger partial charge is 0.0731 e. The van der Waals surface area contributed by atoms with Crippen molar-refractivity contribution in [3.8, 4) is 0 Å². The molecule has 1 aliphatic heterocycles. The summed E-state index contributed by atoms with van der Waals surface area (Å²) in [6.45, 7) is 4.08. The van der Waals surface area contributed by atoms with Crippen LogP contribution in [-0.2, 0) is 4.74 Å². The molecular formula is C15H24N2OS. The van der Waals surface area contributed by atoms with E-state index >= 15 is 0 Å². The number of nitrogens with two attached hydrogens (primary N) is 1. The van der Waals surface area contributed by atoms with Gasteiger partial charge in [-0.15, -0.1) is 11.3 Å². The van der Waals surface area contributed by atoms with Gasteiger partial charge in [0.15, 0.2) is 0 Å². The Labute approximate surface area is 119 Å². The zero-order chi connectivity index (χ0) is 13.2. The van der Waals surface area contributed by atoms with Gasteiger partial charge in [0.2, 0.25) is 0 Å². The lowest BCUT2D eigenvalue weighted by Crippen LogP contribution is -2.53. The van der Waals surface area contributed by atoms with E-state index in [0.29, 0.717) is 18.2 Å². The molecule has 19 heavy (non-hydrogen) atoms. The molecule has 2 fully saturated rings. The first kappa shape index (κ1) is 13.6. The third kappa shape index (κ3) is 2.59. The molecule has 3 rings (SSSR count). The van der Waals surface area contributed by atoms with Gasteiger partial charge in [-0.2, -0.15) is 0 Å². The van der Waals surface area contributed by atoms with Crippen molar-refractivity contribution in [2.75, 3.05) is 13.2 Å². The van der Waals surface area contributed by atoms with Gasteiger partial charge in [-0.05, 0) is 37.1 Å². The van der Waals surface area contributed by atoms with Gasteiger partial charge in [-0.25, -0.2) is 0 Å². The van der Waals surface area contributed by atoms with Crippen molar-refractivity contribution in [1.82, 2.24) is 4.90 Å². The quantitative estimate of drug-likeness (QED) is 0.921. The Morgan fingerprint density at radius 3 is 3.16 bits per heavy atom. The van der Waals surface area contributed by atoms with E-state index in [1.165, 1.54) is 24.1 Å². The molecule has 2 aliphatic rings. The van der Waals surface area contributed by atoms with Crippen LogP contribution in [0.15, 0.2) is 17.5 Å². The predicted octanol–water partition coefficient (Wildman–Crippen LogP) is 2.78. The monoisotopic (exact) mass is 280 g/mol. The summed E-state index contributed by atoms with van der Waals surface area (Å²) < 4.78 is 5.93. The molecular weight excluding hydrogens is 256 g/mol. The predicted molar refractivity (Wildman–Crippen MR) is 79.4 cm³/mol. The highest BCUT2D eigenvalue weighted by Gasteiger charge is 2.41. The Balaban J connectivity index is 1.86. The number of thiophene rings is 1. The van der Waals surface area contributed by atoms with Gasteiger partial charge in [0.1, 0.15) is 0 Å². The number of rotatable bonds is 4. The van der Waals surface area contributed by atoms with Crippen LogP contribution < -0.4 is 5.73 Å². The number of hydrogen-bond donors (Lipinski definition) is 1. The number of morpholine rings is 1. The molecule has 106 valence electrons. The molecule has 3 nitrogen and oxygen atoms in total. The number of ether oxygens (including phenoxy) is 1. The SMILES string of the molecule is CCC(N)C(c1cccs1)N1CCOC2CCCC21. The Morgan fingerprint density at radius 1 is 1.53 bits per heavy atom. The average molecular weight is 280 g/mol. The van der Waals surface area contributed by atoms with Gasteiger partial charge in [-0.3, -0.25) is 4.90 Å². The largest absolute Gasteiger partial charge is 0.375 e. The van der Waals surface area contributed by atoms with Crippen LogP contribution >= 0.6 is 11.3 Å². The van der Waals surface area contributed by atoms with Gasteiger partial charge in [0.25, 0.3) is 0 Å². The molecule has 1 saturated carbocycles. The molecule has 4 unspecified atom stereocenters. The van der Waals surface area contributed by atoms with E-state index in [1.807, 2.05) is 11.3 Å². The van der Waals surface area contributed by atoms with Crippen molar-refractivity contribution in [2.24, 2.45) is 5.73 Å². The zero-order valence-electron chi connectivity index (χ0n) is 11.6. The summed E-state index contributed by atoms with van der Waals surface area (Å²) in [5.74, 6) is 0. The second-order valence-electron chi connectivity index (χ2n) is 5.68. The van der Waals surface area contributed by atoms with Gasteiger partial charge in [-0.1, -0.05) is 13.0 Å². The van der Waals surface area contributed by atoms with Crippen molar-refractivity contribution in [1.29, 1.82) is 0 Å². The van der Waals surface area contributed by atoms with Crippen LogP contribution in [0.4, 0.5) is 0 Å². The lowest BCUT2D eigenvalue weighted by molar-refractivity contribution is -0.0757. The summed E-state index contributed by atoms with van der Waals surface area (Å²) in [5, 5.41) is 2.16. The fourth-order valence-electron chi connectivity index (χ4n) is 3.60. The minimum atomic E-state index is 0.220. The Morgan fingerprint density at radius 2 is 2.42 bits per heavy atom. The van der Waals surface area contributed by atoms with E-state index < -0.39 is 0 Å². The highest BCUT2D eigenvalue weighted by atomic mass is 32.1. The number of hydrogen-bond acceptors (Lipinski definition) is 4. The Kier molecular flexibility index (Phi) is 4.22. The normalized spacial score (nSPS) is 31.1. The molecule has 0 amide bonds. The average Bonchev–Trinajstić information content (AvgIpc) is 3.09. The fraction of sp³-hybridized carbons (Fsp3) is 0.733. The first-order chi connectivity index (χ1) is 9.31. The fourth-order valence-corrected chi connectivity index (χ4v) is 4.53. The Hall–Kier alpha value is -0.420. The Bertz CT molecular complexity index is 395.